The van der Waals surface area contributed by atoms with Crippen LogP contribution >= 0.6 is 0 Å². The van der Waals surface area contributed by atoms with E-state index in [-0.39, 0.29) is 17.5 Å². The van der Waals surface area contributed by atoms with Crippen LogP contribution in [0, 0.1) is 5.41 Å². The highest BCUT2D eigenvalue weighted by Crippen LogP contribution is 2.37. The average molecular weight is 637 g/mol. The van der Waals surface area contributed by atoms with Gasteiger partial charge in [0.15, 0.2) is 0 Å². The van der Waals surface area contributed by atoms with Crippen molar-refractivity contribution in [2.75, 3.05) is 33.5 Å². The Hall–Kier alpha value is -5.16. The molecule has 0 aliphatic carbocycles. The predicted octanol–water partition coefficient (Wildman–Crippen LogP) is 6.99. The first-order valence-corrected chi connectivity index (χ1v) is 15.7. The summed E-state index contributed by atoms with van der Waals surface area (Å²) in [5.41, 5.74) is 8.02. The second-order valence-electron chi connectivity index (χ2n) is 13.5. The number of anilines is 1. The molecular formula is C36H44N8O3. The van der Waals surface area contributed by atoms with Gasteiger partial charge in [0.1, 0.15) is 11.3 Å². The molecule has 0 spiro atoms. The molecule has 11 heteroatoms. The molecule has 246 valence electrons. The van der Waals surface area contributed by atoms with Gasteiger partial charge < -0.3 is 30.5 Å². The van der Waals surface area contributed by atoms with Crippen LogP contribution in [0.15, 0.2) is 73.1 Å². The van der Waals surface area contributed by atoms with Crippen molar-refractivity contribution in [1.82, 2.24) is 34.9 Å². The van der Waals surface area contributed by atoms with Gasteiger partial charge in [0.25, 0.3) is 0 Å². The molecule has 0 saturated heterocycles. The summed E-state index contributed by atoms with van der Waals surface area (Å²) < 4.78 is 1.89. The predicted molar refractivity (Wildman–Crippen MR) is 187 cm³/mol. The highest BCUT2D eigenvalue weighted by atomic mass is 16.4. The third kappa shape index (κ3) is 7.98. The van der Waals surface area contributed by atoms with E-state index < -0.39 is 6.09 Å². The van der Waals surface area contributed by atoms with E-state index in [0.29, 0.717) is 18.7 Å². The Kier molecular flexibility index (Phi) is 9.67. The van der Waals surface area contributed by atoms with Crippen molar-refractivity contribution in [3.63, 3.8) is 0 Å². The summed E-state index contributed by atoms with van der Waals surface area (Å²) in [4.78, 5) is 35.6. The van der Waals surface area contributed by atoms with Crippen molar-refractivity contribution < 1.29 is 14.7 Å². The van der Waals surface area contributed by atoms with Gasteiger partial charge in [-0.3, -0.25) is 4.68 Å². The lowest BCUT2D eigenvalue weighted by Gasteiger charge is -2.30. The molecular weight excluding hydrogens is 592 g/mol. The summed E-state index contributed by atoms with van der Waals surface area (Å²) >= 11 is 0. The second-order valence-corrected chi connectivity index (χ2v) is 13.5. The number of amides is 3. The van der Waals surface area contributed by atoms with Gasteiger partial charge in [-0.2, -0.15) is 5.10 Å². The van der Waals surface area contributed by atoms with Gasteiger partial charge in [-0.15, -0.1) is 0 Å². The van der Waals surface area contributed by atoms with Crippen LogP contribution in [0.1, 0.15) is 32.8 Å². The number of rotatable bonds is 10. The van der Waals surface area contributed by atoms with E-state index in [2.05, 4.69) is 69.9 Å². The maximum absolute atomic E-state index is 12.2. The largest absolute Gasteiger partial charge is 0.465 e. The molecule has 0 bridgehead atoms. The smallest absolute Gasteiger partial charge is 0.404 e. The van der Waals surface area contributed by atoms with Gasteiger partial charge in [0, 0.05) is 73.5 Å². The molecule has 0 aliphatic rings. The van der Waals surface area contributed by atoms with Gasteiger partial charge in [0.2, 0.25) is 0 Å². The van der Waals surface area contributed by atoms with Crippen molar-refractivity contribution in [3.8, 4) is 33.6 Å². The van der Waals surface area contributed by atoms with Gasteiger partial charge in [0.05, 0.1) is 0 Å². The molecule has 0 aliphatic heterocycles. The summed E-state index contributed by atoms with van der Waals surface area (Å²) in [6.07, 6.45) is 3.35. The fraction of sp³-hybridized carbons (Fsp3) is 0.333. The van der Waals surface area contributed by atoms with Crippen LogP contribution in [0.4, 0.5) is 15.3 Å². The van der Waals surface area contributed by atoms with E-state index in [9.17, 15) is 14.7 Å². The summed E-state index contributed by atoms with van der Waals surface area (Å²) in [5.74, 6) is 0. The van der Waals surface area contributed by atoms with Crippen LogP contribution in [-0.2, 0) is 13.1 Å². The number of hydrogen-bond donors (Lipinski definition) is 4. The topological polar surface area (TPSA) is 131 Å². The molecule has 47 heavy (non-hydrogen) atoms. The summed E-state index contributed by atoms with van der Waals surface area (Å²) in [5, 5.41) is 21.0. The number of carbonyl (C=O) groups excluding carboxylic acids is 1. The van der Waals surface area contributed by atoms with E-state index in [1.54, 1.807) is 20.3 Å². The van der Waals surface area contributed by atoms with E-state index >= 15 is 0 Å². The first kappa shape index (κ1) is 33.2. The molecule has 5 aromatic rings. The first-order chi connectivity index (χ1) is 22.3. The quantitative estimate of drug-likeness (QED) is 0.131. The van der Waals surface area contributed by atoms with Crippen LogP contribution in [0.3, 0.4) is 0 Å². The van der Waals surface area contributed by atoms with E-state index in [1.807, 2.05) is 62.0 Å². The fourth-order valence-electron chi connectivity index (χ4n) is 5.64. The number of aromatic nitrogens is 4. The van der Waals surface area contributed by atoms with E-state index in [0.717, 1.165) is 51.2 Å². The van der Waals surface area contributed by atoms with Gasteiger partial charge in [-0.05, 0) is 73.0 Å². The number of nitrogens with one attached hydrogen (secondary N) is 3. The molecule has 0 radical (unpaired) electrons. The maximum Gasteiger partial charge on any atom is 0.404 e. The average Bonchev–Trinajstić information content (AvgIpc) is 3.63. The molecule has 2 aromatic carbocycles. The minimum atomic E-state index is -1.04. The zero-order valence-corrected chi connectivity index (χ0v) is 28.1. The molecule has 0 saturated carbocycles. The number of aromatic amines is 1. The lowest BCUT2D eigenvalue weighted by molar-refractivity contribution is 0.170. The number of nitrogens with zero attached hydrogens (tertiary/aromatic N) is 5. The molecule has 1 unspecified atom stereocenters. The molecule has 11 nitrogen and oxygen atoms in total. The fourth-order valence-corrected chi connectivity index (χ4v) is 5.64. The number of fused-ring (bicyclic) bond motifs is 1. The lowest BCUT2D eigenvalue weighted by Crippen LogP contribution is -2.43. The van der Waals surface area contributed by atoms with E-state index in [4.69, 9.17) is 5.10 Å². The van der Waals surface area contributed by atoms with Gasteiger partial charge in [-0.25, -0.2) is 14.6 Å². The summed E-state index contributed by atoms with van der Waals surface area (Å²) in [7, 11) is 7.51. The van der Waals surface area contributed by atoms with Crippen LogP contribution < -0.4 is 10.6 Å². The van der Waals surface area contributed by atoms with Crippen LogP contribution in [0.2, 0.25) is 0 Å². The summed E-state index contributed by atoms with van der Waals surface area (Å²) in [6, 6.07) is 19.8. The highest BCUT2D eigenvalue weighted by molar-refractivity contribution is 5.99. The molecule has 3 amide bonds. The summed E-state index contributed by atoms with van der Waals surface area (Å²) in [6.45, 7) is 7.43. The normalized spacial score (nSPS) is 12.3. The van der Waals surface area contributed by atoms with Crippen molar-refractivity contribution in [3.05, 3.63) is 78.6 Å². The minimum absolute atomic E-state index is 0.208. The Morgan fingerprint density at radius 2 is 1.72 bits per heavy atom. The Morgan fingerprint density at radius 3 is 2.38 bits per heavy atom. The SMILES string of the molecule is CN(C)Cc1cccc(-c2cc3c(-c4cn(CCC(NC(=O)O)C(C)(C)C)nc4-c4ccc(NC(=O)N(C)C)cc4)ccnc3[nH]2)c1. The number of pyridine rings is 1. The number of carbonyl (C=O) groups is 2. The number of aryl methyl sites for hydroxylation is 1. The van der Waals surface area contributed by atoms with E-state index in [1.165, 1.54) is 10.5 Å². The standard InChI is InChI=1S/C36H44N8O3/c1-36(2,3)31(40-35(46)47)16-18-44-22-29(32(41-44)24-11-13-26(14-12-24)38-34(45)43(6)7)27-15-17-37-33-28(27)20-30(39-33)25-10-8-9-23(19-25)21-42(4)5/h8-15,17,19-20,22,31,40H,16,18,21H2,1-7H3,(H,37,39)(H,38,45)(H,46,47). The lowest BCUT2D eigenvalue weighted by atomic mass is 9.85. The van der Waals surface area contributed by atoms with Crippen LogP contribution in [0.25, 0.3) is 44.7 Å². The maximum atomic E-state index is 12.2. The van der Waals surface area contributed by atoms with Crippen molar-refractivity contribution in [2.24, 2.45) is 5.41 Å². The van der Waals surface area contributed by atoms with Crippen LogP contribution in [0.5, 0.6) is 0 Å². The first-order valence-electron chi connectivity index (χ1n) is 15.7. The van der Waals surface area contributed by atoms with Crippen molar-refractivity contribution >= 4 is 28.8 Å². The number of benzene rings is 2. The monoisotopic (exact) mass is 636 g/mol. The zero-order chi connectivity index (χ0) is 33.9. The molecule has 3 aromatic heterocycles. The van der Waals surface area contributed by atoms with Crippen molar-refractivity contribution in [2.45, 2.75) is 46.3 Å². The second kappa shape index (κ2) is 13.7. The zero-order valence-electron chi connectivity index (χ0n) is 28.1. The Bertz CT molecular complexity index is 1870. The Labute approximate surface area is 275 Å². The minimum Gasteiger partial charge on any atom is -0.465 e. The molecule has 1 atom stereocenters. The molecule has 3 heterocycles. The third-order valence-corrected chi connectivity index (χ3v) is 8.13. The number of urea groups is 1. The molecule has 0 fully saturated rings. The van der Waals surface area contributed by atoms with Crippen LogP contribution in [-0.4, -0.2) is 81.0 Å². The molecule has 4 N–H and O–H groups in total. The number of hydrogen-bond acceptors (Lipinski definition) is 5. The van der Waals surface area contributed by atoms with Gasteiger partial charge in [-0.1, -0.05) is 51.1 Å². The van der Waals surface area contributed by atoms with Gasteiger partial charge >= 0.3 is 12.1 Å². The Balaban J connectivity index is 1.56. The highest BCUT2D eigenvalue weighted by Gasteiger charge is 2.26. The Morgan fingerprint density at radius 1 is 0.979 bits per heavy atom. The van der Waals surface area contributed by atoms with Crippen molar-refractivity contribution in [1.29, 1.82) is 0 Å². The number of H-pyrrole nitrogens is 1. The third-order valence-electron chi connectivity index (χ3n) is 8.13. The molecule has 5 rings (SSSR count). The number of carboxylic acid groups (broad SMARTS) is 1.